The van der Waals surface area contributed by atoms with Crippen molar-refractivity contribution in [2.75, 3.05) is 7.11 Å². The van der Waals surface area contributed by atoms with E-state index in [4.69, 9.17) is 14.2 Å². The molecule has 2 heterocycles. The van der Waals surface area contributed by atoms with Crippen molar-refractivity contribution in [2.45, 2.75) is 71.5 Å². The van der Waals surface area contributed by atoms with E-state index in [9.17, 15) is 14.7 Å². The van der Waals surface area contributed by atoms with E-state index < -0.39 is 5.60 Å². The van der Waals surface area contributed by atoms with Crippen LogP contribution in [0.15, 0.2) is 6.08 Å². The van der Waals surface area contributed by atoms with Gasteiger partial charge in [0.1, 0.15) is 34.5 Å². The van der Waals surface area contributed by atoms with Crippen LogP contribution in [0.25, 0.3) is 6.08 Å². The summed E-state index contributed by atoms with van der Waals surface area (Å²) in [6.45, 7) is 9.48. The predicted octanol–water partition coefficient (Wildman–Crippen LogP) is 4.62. The zero-order chi connectivity index (χ0) is 21.5. The molecule has 0 saturated heterocycles. The summed E-state index contributed by atoms with van der Waals surface area (Å²) in [7, 11) is 1.34. The summed E-state index contributed by atoms with van der Waals surface area (Å²) in [6.07, 6.45) is 5.01. The van der Waals surface area contributed by atoms with E-state index in [2.05, 4.69) is 0 Å². The van der Waals surface area contributed by atoms with Gasteiger partial charge in [0, 0.05) is 11.5 Å². The molecular weight excluding hydrogens is 372 g/mol. The van der Waals surface area contributed by atoms with Crippen LogP contribution in [-0.2, 0) is 9.53 Å². The minimum absolute atomic E-state index is 0.0949. The number of hydrogen-bond donors (Lipinski definition) is 1. The van der Waals surface area contributed by atoms with Crippen molar-refractivity contribution in [3.8, 4) is 17.2 Å². The van der Waals surface area contributed by atoms with Crippen LogP contribution in [0.2, 0.25) is 0 Å². The first-order valence-corrected chi connectivity index (χ1v) is 10.2. The van der Waals surface area contributed by atoms with Gasteiger partial charge in [0.05, 0.1) is 25.0 Å². The Bertz CT molecular complexity index is 867. The molecule has 3 rings (SSSR count). The molecule has 0 aliphatic carbocycles. The van der Waals surface area contributed by atoms with Crippen molar-refractivity contribution < 1.29 is 28.9 Å². The Hall–Kier alpha value is -2.50. The Labute approximate surface area is 171 Å². The fourth-order valence-electron chi connectivity index (χ4n) is 4.02. The first-order chi connectivity index (χ1) is 13.6. The third kappa shape index (κ3) is 3.72. The van der Waals surface area contributed by atoms with Crippen LogP contribution in [0.3, 0.4) is 0 Å². The molecule has 0 bridgehead atoms. The molecule has 0 spiro atoms. The summed E-state index contributed by atoms with van der Waals surface area (Å²) in [5.74, 6) is -0.555. The Balaban J connectivity index is 2.29. The summed E-state index contributed by atoms with van der Waals surface area (Å²) in [5, 5.41) is 11.3. The minimum atomic E-state index is -0.595. The van der Waals surface area contributed by atoms with Crippen molar-refractivity contribution in [1.82, 2.24) is 0 Å². The number of Topliss-reactive ketones (excluding diaryl/α,β-unsaturated/α-hetero) is 1. The highest BCUT2D eigenvalue weighted by Crippen LogP contribution is 2.53. The fourth-order valence-corrected chi connectivity index (χ4v) is 4.02. The average molecular weight is 402 g/mol. The van der Waals surface area contributed by atoms with Crippen LogP contribution in [0.5, 0.6) is 17.2 Å². The number of fused-ring (bicyclic) bond motifs is 3. The van der Waals surface area contributed by atoms with Crippen molar-refractivity contribution in [3.05, 3.63) is 22.8 Å². The number of methoxy groups -OCH3 is 1. The summed E-state index contributed by atoms with van der Waals surface area (Å²) in [5.41, 5.74) is 0.720. The van der Waals surface area contributed by atoms with Gasteiger partial charge in [0.25, 0.3) is 0 Å². The highest BCUT2D eigenvalue weighted by atomic mass is 16.5. The Morgan fingerprint density at radius 1 is 1.31 bits per heavy atom. The van der Waals surface area contributed by atoms with Gasteiger partial charge in [-0.25, -0.2) is 0 Å². The number of esters is 1. The molecule has 0 aromatic heterocycles. The minimum Gasteiger partial charge on any atom is -0.507 e. The molecular formula is C23H30O6. The van der Waals surface area contributed by atoms with E-state index in [-0.39, 0.29) is 47.4 Å². The summed E-state index contributed by atoms with van der Waals surface area (Å²) in [4.78, 5) is 25.2. The number of benzene rings is 1. The average Bonchev–Trinajstić information content (AvgIpc) is 2.65. The number of rotatable bonds is 5. The summed E-state index contributed by atoms with van der Waals surface area (Å²) in [6, 6.07) is 0. The molecule has 6 nitrogen and oxygen atoms in total. The lowest BCUT2D eigenvalue weighted by atomic mass is 9.81. The Kier molecular flexibility index (Phi) is 5.65. The molecule has 2 aliphatic heterocycles. The number of carbonyl (C=O) groups is 2. The molecule has 0 radical (unpaired) electrons. The highest BCUT2D eigenvalue weighted by Gasteiger charge is 2.41. The van der Waals surface area contributed by atoms with Gasteiger partial charge in [0.15, 0.2) is 5.78 Å². The van der Waals surface area contributed by atoms with Crippen LogP contribution in [-0.4, -0.2) is 35.7 Å². The van der Waals surface area contributed by atoms with E-state index in [1.54, 1.807) is 6.92 Å². The fraction of sp³-hybridized carbons (Fsp3) is 0.565. The molecule has 3 atom stereocenters. The maximum absolute atomic E-state index is 13.1. The van der Waals surface area contributed by atoms with Gasteiger partial charge < -0.3 is 19.3 Å². The molecule has 1 N–H and O–H groups in total. The van der Waals surface area contributed by atoms with Crippen LogP contribution in [0.4, 0.5) is 0 Å². The molecule has 0 unspecified atom stereocenters. The van der Waals surface area contributed by atoms with Gasteiger partial charge in [-0.3, -0.25) is 9.59 Å². The first-order valence-electron chi connectivity index (χ1n) is 10.2. The lowest BCUT2D eigenvalue weighted by Crippen LogP contribution is -2.35. The molecule has 1 aromatic rings. The van der Waals surface area contributed by atoms with Gasteiger partial charge in [0.2, 0.25) is 0 Å². The predicted molar refractivity (Wildman–Crippen MR) is 110 cm³/mol. The number of hydrogen-bond acceptors (Lipinski definition) is 6. The molecule has 6 heteroatoms. The van der Waals surface area contributed by atoms with E-state index in [1.165, 1.54) is 7.11 Å². The maximum atomic E-state index is 13.1. The maximum Gasteiger partial charge on any atom is 0.306 e. The second-order valence-electron chi connectivity index (χ2n) is 8.49. The number of phenols is 1. The van der Waals surface area contributed by atoms with E-state index in [0.717, 1.165) is 6.42 Å². The molecule has 29 heavy (non-hydrogen) atoms. The SMILES string of the molecule is CCC[C@H](CC(=O)OC)c1c(O)c2c(c3c1OC(C)(C)C=C3)O[C@H](C)[C@@H](C)C2=O. The number of ether oxygens (including phenoxy) is 3. The molecule has 0 saturated carbocycles. The van der Waals surface area contributed by atoms with Crippen molar-refractivity contribution in [2.24, 2.45) is 5.92 Å². The third-order valence-electron chi connectivity index (χ3n) is 5.82. The van der Waals surface area contributed by atoms with Crippen LogP contribution in [0, 0.1) is 5.92 Å². The van der Waals surface area contributed by atoms with Crippen LogP contribution >= 0.6 is 0 Å². The Morgan fingerprint density at radius 3 is 2.62 bits per heavy atom. The molecule has 1 aromatic carbocycles. The van der Waals surface area contributed by atoms with Gasteiger partial charge in [-0.15, -0.1) is 0 Å². The second-order valence-corrected chi connectivity index (χ2v) is 8.49. The zero-order valence-electron chi connectivity index (χ0n) is 18.0. The van der Waals surface area contributed by atoms with Crippen molar-refractivity contribution in [1.29, 1.82) is 0 Å². The number of ketones is 1. The van der Waals surface area contributed by atoms with Gasteiger partial charge >= 0.3 is 5.97 Å². The van der Waals surface area contributed by atoms with E-state index >= 15 is 0 Å². The lowest BCUT2D eigenvalue weighted by molar-refractivity contribution is -0.141. The number of aromatic hydroxyl groups is 1. The number of phenolic OH excluding ortho intramolecular Hbond substituents is 1. The quantitative estimate of drug-likeness (QED) is 0.724. The lowest BCUT2D eigenvalue weighted by Gasteiger charge is -2.36. The molecule has 158 valence electrons. The topological polar surface area (TPSA) is 82.1 Å². The highest BCUT2D eigenvalue weighted by molar-refractivity contribution is 6.06. The van der Waals surface area contributed by atoms with E-state index in [0.29, 0.717) is 29.0 Å². The van der Waals surface area contributed by atoms with Gasteiger partial charge in [-0.1, -0.05) is 20.3 Å². The van der Waals surface area contributed by atoms with Crippen molar-refractivity contribution in [3.63, 3.8) is 0 Å². The largest absolute Gasteiger partial charge is 0.507 e. The Morgan fingerprint density at radius 2 is 2.00 bits per heavy atom. The summed E-state index contributed by atoms with van der Waals surface area (Å²) < 4.78 is 17.2. The second kappa shape index (κ2) is 7.73. The van der Waals surface area contributed by atoms with Crippen LogP contribution in [0.1, 0.15) is 81.3 Å². The molecule has 0 fully saturated rings. The van der Waals surface area contributed by atoms with E-state index in [1.807, 2.05) is 39.8 Å². The molecule has 2 aliphatic rings. The smallest absolute Gasteiger partial charge is 0.306 e. The van der Waals surface area contributed by atoms with Crippen LogP contribution < -0.4 is 9.47 Å². The van der Waals surface area contributed by atoms with Crippen molar-refractivity contribution >= 4 is 17.8 Å². The molecule has 0 amide bonds. The first kappa shape index (κ1) is 21.2. The zero-order valence-corrected chi connectivity index (χ0v) is 18.0. The standard InChI is InChI=1S/C23H30O6/c1-7-8-14(11-16(24)27-6)17-20(26)18-19(25)12(2)13(3)28-21(18)15-9-10-23(4,5)29-22(15)17/h9-10,12-14,26H,7-8,11H2,1-6H3/t12-,13-,14-/m1/s1. The number of carbonyl (C=O) groups excluding carboxylic acids is 2. The monoisotopic (exact) mass is 402 g/mol. The normalized spacial score (nSPS) is 22.8. The van der Waals surface area contributed by atoms with Gasteiger partial charge in [-0.05, 0) is 39.3 Å². The summed E-state index contributed by atoms with van der Waals surface area (Å²) >= 11 is 0. The van der Waals surface area contributed by atoms with Gasteiger partial charge in [-0.2, -0.15) is 0 Å². The third-order valence-corrected chi connectivity index (χ3v) is 5.82.